The number of nitriles is 1. The molecule has 40 heavy (non-hydrogen) atoms. The Bertz CT molecular complexity index is 1330. The fourth-order valence-electron chi connectivity index (χ4n) is 4.60. The molecule has 0 spiro atoms. The van der Waals surface area contributed by atoms with E-state index >= 15 is 0 Å². The van der Waals surface area contributed by atoms with Crippen LogP contribution in [-0.2, 0) is 10.8 Å². The van der Waals surface area contributed by atoms with Crippen molar-refractivity contribution < 1.29 is 22.1 Å². The van der Waals surface area contributed by atoms with Crippen molar-refractivity contribution in [1.29, 1.82) is 5.26 Å². The van der Waals surface area contributed by atoms with Gasteiger partial charge < -0.3 is 20.3 Å². The summed E-state index contributed by atoms with van der Waals surface area (Å²) in [6, 6.07) is 12.4. The van der Waals surface area contributed by atoms with Crippen LogP contribution in [0, 0.1) is 17.1 Å². The van der Waals surface area contributed by atoms with E-state index in [4.69, 9.17) is 10.00 Å². The maximum absolute atomic E-state index is 14.3. The monoisotopic (exact) mass is 574 g/mol. The standard InChI is InChI=1S/C22H20F3N5O2S.C6H13N/c1-27-21-12-19(14-2-3-15(13-26)17(23)10-14)30(28-21)18-5-4-16(11-20(18)32-22(24)25)29-6-8-33(31)9-7-29;1-2-4-6-7-5-3-1/h2-5,10-12,22H,6-9H2,1H3,(H,27,28);7H,1-6H2. The zero-order valence-corrected chi connectivity index (χ0v) is 23.2. The van der Waals surface area contributed by atoms with Crippen molar-refractivity contribution in [2.75, 3.05) is 54.9 Å². The van der Waals surface area contributed by atoms with E-state index in [0.29, 0.717) is 47.4 Å². The number of ether oxygens (including phenoxy) is 1. The summed E-state index contributed by atoms with van der Waals surface area (Å²) in [7, 11) is 0.773. The van der Waals surface area contributed by atoms with E-state index in [0.717, 1.165) is 0 Å². The summed E-state index contributed by atoms with van der Waals surface area (Å²) in [6.45, 7) is 0.520. The number of benzene rings is 2. The number of nitrogens with zero attached hydrogens (tertiary/aromatic N) is 4. The zero-order chi connectivity index (χ0) is 28.5. The molecule has 2 aromatic carbocycles. The Balaban J connectivity index is 0.000000461. The maximum Gasteiger partial charge on any atom is 0.387 e. The van der Waals surface area contributed by atoms with Gasteiger partial charge in [-0.3, -0.25) is 4.21 Å². The lowest BCUT2D eigenvalue weighted by Crippen LogP contribution is -2.37. The van der Waals surface area contributed by atoms with Gasteiger partial charge in [-0.25, -0.2) is 9.07 Å². The van der Waals surface area contributed by atoms with Gasteiger partial charge in [0.15, 0.2) is 5.75 Å². The number of hydrogen-bond acceptors (Lipinski definition) is 7. The topological polar surface area (TPSA) is 95.2 Å². The first-order valence-electron chi connectivity index (χ1n) is 13.3. The van der Waals surface area contributed by atoms with E-state index < -0.39 is 23.2 Å². The Morgan fingerprint density at radius 1 is 1.07 bits per heavy atom. The van der Waals surface area contributed by atoms with Crippen LogP contribution in [0.15, 0.2) is 42.5 Å². The molecule has 3 aromatic rings. The van der Waals surface area contributed by atoms with Crippen LogP contribution in [0.2, 0.25) is 0 Å². The summed E-state index contributed by atoms with van der Waals surface area (Å²) >= 11 is 0. The average Bonchev–Trinajstić information content (AvgIpc) is 3.15. The predicted octanol–water partition coefficient (Wildman–Crippen LogP) is 4.91. The Kier molecular flexibility index (Phi) is 10.4. The number of aromatic nitrogens is 2. The quantitative estimate of drug-likeness (QED) is 0.432. The first kappa shape index (κ1) is 29.4. The molecule has 0 amide bonds. The zero-order valence-electron chi connectivity index (χ0n) is 22.3. The molecule has 2 aliphatic heterocycles. The van der Waals surface area contributed by atoms with Crippen LogP contribution in [0.25, 0.3) is 16.9 Å². The van der Waals surface area contributed by atoms with Crippen LogP contribution in [0.1, 0.15) is 31.2 Å². The molecular weight excluding hydrogens is 541 g/mol. The van der Waals surface area contributed by atoms with Crippen LogP contribution in [0.5, 0.6) is 5.75 Å². The first-order chi connectivity index (χ1) is 19.4. The molecule has 214 valence electrons. The fraction of sp³-hybridized carbons (Fsp3) is 0.429. The van der Waals surface area contributed by atoms with Crippen LogP contribution in [0.3, 0.4) is 0 Å². The summed E-state index contributed by atoms with van der Waals surface area (Å²) in [5, 5.41) is 19.6. The van der Waals surface area contributed by atoms with Gasteiger partial charge in [-0.05, 0) is 50.2 Å². The minimum absolute atomic E-state index is 0.102. The maximum atomic E-state index is 14.3. The van der Waals surface area contributed by atoms with Gasteiger partial charge in [0.05, 0.1) is 11.3 Å². The molecule has 0 unspecified atom stereocenters. The second-order valence-electron chi connectivity index (χ2n) is 9.41. The van der Waals surface area contributed by atoms with Gasteiger partial charge in [0.25, 0.3) is 0 Å². The van der Waals surface area contributed by atoms with Crippen LogP contribution < -0.4 is 20.3 Å². The van der Waals surface area contributed by atoms with E-state index in [1.165, 1.54) is 61.7 Å². The Hall–Kier alpha value is -3.56. The highest BCUT2D eigenvalue weighted by molar-refractivity contribution is 7.85. The minimum atomic E-state index is -3.07. The molecule has 0 atom stereocenters. The SMILES string of the molecule is C1CCCNCC1.CNc1cc(-c2ccc(C#N)c(F)c2)n(-c2ccc(N3CCS(=O)CC3)cc2OC(F)F)n1. The molecule has 12 heteroatoms. The van der Waals surface area contributed by atoms with Gasteiger partial charge in [-0.15, -0.1) is 5.10 Å². The average molecular weight is 575 g/mol. The fourth-order valence-corrected chi connectivity index (χ4v) is 5.65. The third-order valence-electron chi connectivity index (χ3n) is 6.74. The molecule has 0 aliphatic carbocycles. The van der Waals surface area contributed by atoms with E-state index in [-0.39, 0.29) is 17.0 Å². The summed E-state index contributed by atoms with van der Waals surface area (Å²) in [5.74, 6) is 0.643. The first-order valence-corrected chi connectivity index (χ1v) is 14.8. The number of alkyl halides is 2. The minimum Gasteiger partial charge on any atom is -0.432 e. The van der Waals surface area contributed by atoms with Crippen molar-refractivity contribution in [3.05, 3.63) is 53.8 Å². The van der Waals surface area contributed by atoms with Crippen molar-refractivity contribution in [1.82, 2.24) is 15.1 Å². The summed E-state index contributed by atoms with van der Waals surface area (Å²) in [6.07, 6.45) is 5.65. The summed E-state index contributed by atoms with van der Waals surface area (Å²) < 4.78 is 58.7. The van der Waals surface area contributed by atoms with Crippen LogP contribution in [0.4, 0.5) is 24.7 Å². The van der Waals surface area contributed by atoms with Crippen molar-refractivity contribution in [3.8, 4) is 28.8 Å². The number of anilines is 2. The number of halogens is 3. The Morgan fingerprint density at radius 2 is 1.80 bits per heavy atom. The van der Waals surface area contributed by atoms with Gasteiger partial charge in [0, 0.05) is 65.8 Å². The summed E-state index contributed by atoms with van der Waals surface area (Å²) in [4.78, 5) is 1.96. The van der Waals surface area contributed by atoms with Crippen molar-refractivity contribution in [2.45, 2.75) is 32.3 Å². The molecule has 0 saturated carbocycles. The molecule has 2 fully saturated rings. The predicted molar refractivity (Wildman–Crippen MR) is 151 cm³/mol. The highest BCUT2D eigenvalue weighted by atomic mass is 32.2. The number of rotatable bonds is 6. The lowest BCUT2D eigenvalue weighted by molar-refractivity contribution is -0.0498. The van der Waals surface area contributed by atoms with Crippen LogP contribution >= 0.6 is 0 Å². The molecule has 2 saturated heterocycles. The summed E-state index contributed by atoms with van der Waals surface area (Å²) in [5.41, 5.74) is 1.63. The van der Waals surface area contributed by atoms with Gasteiger partial charge in [-0.1, -0.05) is 18.9 Å². The lowest BCUT2D eigenvalue weighted by Gasteiger charge is -2.29. The van der Waals surface area contributed by atoms with E-state index in [1.807, 2.05) is 4.90 Å². The van der Waals surface area contributed by atoms with Crippen molar-refractivity contribution in [3.63, 3.8) is 0 Å². The molecule has 2 N–H and O–H groups in total. The molecule has 3 heterocycles. The van der Waals surface area contributed by atoms with Gasteiger partial charge in [0.2, 0.25) is 0 Å². The van der Waals surface area contributed by atoms with Gasteiger partial charge >= 0.3 is 6.61 Å². The van der Waals surface area contributed by atoms with Crippen molar-refractivity contribution >= 4 is 22.3 Å². The highest BCUT2D eigenvalue weighted by Gasteiger charge is 2.21. The molecule has 8 nitrogen and oxygen atoms in total. The lowest BCUT2D eigenvalue weighted by atomic mass is 10.1. The van der Waals surface area contributed by atoms with E-state index in [1.54, 1.807) is 37.4 Å². The largest absolute Gasteiger partial charge is 0.432 e. The van der Waals surface area contributed by atoms with E-state index in [2.05, 4.69) is 15.7 Å². The molecular formula is C28H33F3N6O2S. The molecule has 1 aromatic heterocycles. The van der Waals surface area contributed by atoms with Gasteiger partial charge in [0.1, 0.15) is 23.4 Å². The number of hydrogen-bond donors (Lipinski definition) is 2. The van der Waals surface area contributed by atoms with Gasteiger partial charge in [-0.2, -0.15) is 14.0 Å². The highest BCUT2D eigenvalue weighted by Crippen LogP contribution is 2.35. The third kappa shape index (κ3) is 7.55. The Labute approximate surface area is 234 Å². The second-order valence-corrected chi connectivity index (χ2v) is 11.1. The van der Waals surface area contributed by atoms with Crippen LogP contribution in [-0.4, -0.2) is 65.3 Å². The molecule has 2 aliphatic rings. The number of nitrogens with one attached hydrogen (secondary N) is 2. The van der Waals surface area contributed by atoms with E-state index in [9.17, 15) is 17.4 Å². The smallest absolute Gasteiger partial charge is 0.387 e. The molecule has 0 bridgehead atoms. The Morgan fingerprint density at radius 3 is 2.42 bits per heavy atom. The molecule has 0 radical (unpaired) electrons. The normalized spacial score (nSPS) is 16.1. The molecule has 5 rings (SSSR count). The van der Waals surface area contributed by atoms with Crippen molar-refractivity contribution in [2.24, 2.45) is 0 Å². The third-order valence-corrected chi connectivity index (χ3v) is 8.01. The second kappa shape index (κ2) is 14.2.